The molecule has 5 rings (SSSR count). The van der Waals surface area contributed by atoms with Gasteiger partial charge in [-0.05, 0) is 50.2 Å². The number of carboxylic acid groups (broad SMARTS) is 1. The van der Waals surface area contributed by atoms with Crippen LogP contribution in [0.3, 0.4) is 0 Å². The number of carbonyl (C=O) groups is 1. The molecule has 1 spiro atoms. The molecule has 9 nitrogen and oxygen atoms in total. The van der Waals surface area contributed by atoms with Crippen LogP contribution < -0.4 is 20.7 Å². The summed E-state index contributed by atoms with van der Waals surface area (Å²) in [6.45, 7) is 4.87. The second-order valence-electron chi connectivity index (χ2n) is 10.5. The van der Waals surface area contributed by atoms with Crippen molar-refractivity contribution in [2.75, 3.05) is 23.7 Å². The van der Waals surface area contributed by atoms with Gasteiger partial charge in [0.15, 0.2) is 0 Å². The number of aliphatic carboxylic acids is 1. The molecule has 41 heavy (non-hydrogen) atoms. The Morgan fingerprint density at radius 1 is 1.32 bits per heavy atom. The predicted molar refractivity (Wildman–Crippen MR) is 150 cm³/mol. The summed E-state index contributed by atoms with van der Waals surface area (Å²) in [4.78, 5) is 26.5. The lowest BCUT2D eigenvalue weighted by Crippen LogP contribution is -2.46. The van der Waals surface area contributed by atoms with Gasteiger partial charge in [-0.15, -0.1) is 11.3 Å². The topological polar surface area (TPSA) is 126 Å². The van der Waals surface area contributed by atoms with Gasteiger partial charge in [-0.2, -0.15) is 23.1 Å². The molecule has 2 aliphatic heterocycles. The zero-order valence-corrected chi connectivity index (χ0v) is 24.0. The number of aromatic nitrogens is 3. The third-order valence-corrected chi connectivity index (χ3v) is 9.15. The van der Waals surface area contributed by atoms with Crippen LogP contribution in [0.25, 0.3) is 10.4 Å². The molecule has 2 aromatic heterocycles. The number of rotatable bonds is 7. The molecule has 0 aliphatic carbocycles. The zero-order chi connectivity index (χ0) is 29.5. The van der Waals surface area contributed by atoms with Crippen molar-refractivity contribution in [2.24, 2.45) is 5.41 Å². The molecule has 2 fully saturated rings. The molecule has 14 heteroatoms. The van der Waals surface area contributed by atoms with Crippen molar-refractivity contribution >= 4 is 40.7 Å². The third-order valence-electron chi connectivity index (χ3n) is 7.97. The number of nitrogens with two attached hydrogens (primary N) is 1. The van der Waals surface area contributed by atoms with E-state index in [0.717, 1.165) is 6.42 Å². The van der Waals surface area contributed by atoms with Gasteiger partial charge in [0.05, 0.1) is 9.88 Å². The largest absolute Gasteiger partial charge is 0.480 e. The Bertz CT molecular complexity index is 1430. The maximum absolute atomic E-state index is 14.5. The van der Waals surface area contributed by atoms with Gasteiger partial charge in [-0.3, -0.25) is 4.79 Å². The first-order valence-corrected chi connectivity index (χ1v) is 14.4. The van der Waals surface area contributed by atoms with E-state index in [1.165, 1.54) is 41.8 Å². The lowest BCUT2D eigenvalue weighted by atomic mass is 9.71. The Morgan fingerprint density at radius 2 is 2.05 bits per heavy atom. The molecule has 2 unspecified atom stereocenters. The number of nitrogen functional groups attached to an aromatic ring is 1. The van der Waals surface area contributed by atoms with Gasteiger partial charge in [-0.25, -0.2) is 4.98 Å². The van der Waals surface area contributed by atoms with Gasteiger partial charge in [0.2, 0.25) is 17.9 Å². The van der Waals surface area contributed by atoms with E-state index in [1.54, 1.807) is 6.92 Å². The van der Waals surface area contributed by atoms with Crippen LogP contribution >= 0.6 is 22.9 Å². The van der Waals surface area contributed by atoms with Crippen LogP contribution in [0.1, 0.15) is 49.3 Å². The van der Waals surface area contributed by atoms with Crippen molar-refractivity contribution in [3.05, 3.63) is 46.1 Å². The Hall–Kier alpha value is -3.16. The summed E-state index contributed by atoms with van der Waals surface area (Å²) in [5.41, 5.74) is 5.90. The molecule has 0 saturated carbocycles. The minimum atomic E-state index is -4.79. The first-order chi connectivity index (χ1) is 19.4. The molecule has 4 N–H and O–H groups in total. The lowest BCUT2D eigenvalue weighted by molar-refractivity contribution is -0.198. The van der Waals surface area contributed by atoms with Crippen LogP contribution in [0.5, 0.6) is 5.88 Å². The fourth-order valence-corrected chi connectivity index (χ4v) is 6.99. The Labute approximate surface area is 243 Å². The van der Waals surface area contributed by atoms with E-state index >= 15 is 0 Å². The molecule has 220 valence electrons. The van der Waals surface area contributed by atoms with Crippen LogP contribution in [0.15, 0.2) is 30.5 Å². The smallest absolute Gasteiger partial charge is 0.429 e. The standard InChI is InChI=1S/C27H30ClF3N6O3S/c1-3-20-26(12-18(34-20)24(38)39)6-8-37(9-7-26)21-11-22(36-25(32)35-21)40-23(27(29,30)31)16-5-4-15(28)10-17(16)19-13-33-14(2)41-19/h4-5,10-11,13,18,20,23,34H,3,6-9,12H2,1-2H3,(H,38,39)(H2,32,35,36)/t18?,20?,23-/m1/s1. The van der Waals surface area contributed by atoms with E-state index in [4.69, 9.17) is 22.1 Å². The van der Waals surface area contributed by atoms with Crippen LogP contribution in [0.4, 0.5) is 24.9 Å². The fraction of sp³-hybridized carbons (Fsp3) is 0.481. The number of aryl methyl sites for hydroxylation is 1. The zero-order valence-electron chi connectivity index (χ0n) is 22.4. The molecule has 2 aliphatic rings. The first kappa shape index (κ1) is 29.3. The van der Waals surface area contributed by atoms with E-state index in [1.807, 2.05) is 11.8 Å². The number of carboxylic acids is 1. The van der Waals surface area contributed by atoms with Gasteiger partial charge in [0.1, 0.15) is 11.9 Å². The van der Waals surface area contributed by atoms with E-state index < -0.39 is 24.3 Å². The molecular formula is C27H30ClF3N6O3S. The third kappa shape index (κ3) is 6.07. The molecule has 4 heterocycles. The normalized spacial score (nSPS) is 21.3. The van der Waals surface area contributed by atoms with Crippen molar-refractivity contribution in [3.8, 4) is 16.3 Å². The number of piperidine rings is 1. The molecule has 3 aromatic rings. The van der Waals surface area contributed by atoms with Crippen LogP contribution in [0, 0.1) is 12.3 Å². The SMILES string of the molecule is CCC1NC(C(=O)O)CC12CCN(c1cc(O[C@H](c3ccc(Cl)cc3-c3cnc(C)s3)C(F)(F)F)nc(N)n1)CC2. The number of hydrogen-bond donors (Lipinski definition) is 3. The summed E-state index contributed by atoms with van der Waals surface area (Å²) in [5.74, 6) is -1.03. The highest BCUT2D eigenvalue weighted by atomic mass is 35.5. The number of nitrogens with one attached hydrogen (secondary N) is 1. The lowest BCUT2D eigenvalue weighted by Gasteiger charge is -2.43. The molecule has 3 atom stereocenters. The van der Waals surface area contributed by atoms with Crippen molar-refractivity contribution in [2.45, 2.75) is 63.9 Å². The highest BCUT2D eigenvalue weighted by Gasteiger charge is 2.50. The average molecular weight is 611 g/mol. The van der Waals surface area contributed by atoms with Crippen molar-refractivity contribution < 1.29 is 27.8 Å². The van der Waals surface area contributed by atoms with Crippen LogP contribution in [-0.2, 0) is 4.79 Å². The number of thiazole rings is 1. The monoisotopic (exact) mass is 610 g/mol. The van der Waals surface area contributed by atoms with Gasteiger partial charge < -0.3 is 25.8 Å². The summed E-state index contributed by atoms with van der Waals surface area (Å²) in [6.07, 6.45) is -2.89. The number of halogens is 4. The molecule has 2 saturated heterocycles. The minimum Gasteiger partial charge on any atom is -0.480 e. The number of anilines is 2. The summed E-state index contributed by atoms with van der Waals surface area (Å²) in [7, 11) is 0. The van der Waals surface area contributed by atoms with E-state index in [9.17, 15) is 23.1 Å². The van der Waals surface area contributed by atoms with Crippen molar-refractivity contribution in [1.29, 1.82) is 0 Å². The number of nitrogens with zero attached hydrogens (tertiary/aromatic N) is 4. The minimum absolute atomic E-state index is 0.0727. The van der Waals surface area contributed by atoms with E-state index in [-0.39, 0.29) is 39.4 Å². The fourth-order valence-electron chi connectivity index (χ4n) is 6.01. The van der Waals surface area contributed by atoms with Gasteiger partial charge in [-0.1, -0.05) is 24.6 Å². The quantitative estimate of drug-likeness (QED) is 0.311. The van der Waals surface area contributed by atoms with Gasteiger partial charge in [0.25, 0.3) is 0 Å². The number of ether oxygens (including phenoxy) is 1. The summed E-state index contributed by atoms with van der Waals surface area (Å²) in [6, 6.07) is 4.99. The summed E-state index contributed by atoms with van der Waals surface area (Å²) >= 11 is 7.40. The maximum Gasteiger partial charge on any atom is 0.429 e. The van der Waals surface area contributed by atoms with E-state index in [2.05, 4.69) is 20.3 Å². The predicted octanol–water partition coefficient (Wildman–Crippen LogP) is 5.64. The Morgan fingerprint density at radius 3 is 2.66 bits per heavy atom. The summed E-state index contributed by atoms with van der Waals surface area (Å²) in [5, 5.41) is 13.8. The molecule has 0 radical (unpaired) electrons. The van der Waals surface area contributed by atoms with Crippen molar-refractivity contribution in [3.63, 3.8) is 0 Å². The average Bonchev–Trinajstić information content (AvgIpc) is 3.50. The molecule has 0 bridgehead atoms. The maximum atomic E-state index is 14.5. The molecular weight excluding hydrogens is 581 g/mol. The Balaban J connectivity index is 1.40. The number of benzene rings is 1. The molecule has 0 amide bonds. The number of alkyl halides is 3. The highest BCUT2D eigenvalue weighted by molar-refractivity contribution is 7.15. The van der Waals surface area contributed by atoms with Gasteiger partial charge in [0, 0.05) is 47.5 Å². The van der Waals surface area contributed by atoms with E-state index in [0.29, 0.717) is 48.1 Å². The number of hydrogen-bond acceptors (Lipinski definition) is 9. The molecule has 1 aromatic carbocycles. The summed E-state index contributed by atoms with van der Waals surface area (Å²) < 4.78 is 49.0. The van der Waals surface area contributed by atoms with Crippen molar-refractivity contribution in [1.82, 2.24) is 20.3 Å². The van der Waals surface area contributed by atoms with Crippen LogP contribution in [0.2, 0.25) is 5.02 Å². The van der Waals surface area contributed by atoms with Crippen LogP contribution in [-0.4, -0.2) is 57.4 Å². The first-order valence-electron chi connectivity index (χ1n) is 13.2. The second-order valence-corrected chi connectivity index (χ2v) is 12.2. The Kier molecular flexibility index (Phi) is 8.05. The second kappa shape index (κ2) is 11.3. The highest BCUT2D eigenvalue weighted by Crippen LogP contribution is 2.46. The van der Waals surface area contributed by atoms with Gasteiger partial charge >= 0.3 is 12.1 Å².